The highest BCUT2D eigenvalue weighted by Gasteiger charge is 2.29. The quantitative estimate of drug-likeness (QED) is 0.573. The first-order valence-electron chi connectivity index (χ1n) is 11.0. The molecule has 2 aliphatic rings. The number of aryl methyl sites for hydroxylation is 2. The van der Waals surface area contributed by atoms with Crippen LogP contribution in [0.2, 0.25) is 0 Å². The molecule has 1 saturated heterocycles. The van der Waals surface area contributed by atoms with Crippen LogP contribution in [-0.2, 0) is 13.0 Å². The summed E-state index contributed by atoms with van der Waals surface area (Å²) in [6, 6.07) is 8.34. The van der Waals surface area contributed by atoms with E-state index in [1.54, 1.807) is 11.3 Å². The second-order valence-electron chi connectivity index (χ2n) is 8.53. The van der Waals surface area contributed by atoms with Gasteiger partial charge in [-0.05, 0) is 44.2 Å². The van der Waals surface area contributed by atoms with Crippen LogP contribution in [0, 0.1) is 13.8 Å². The Morgan fingerprint density at radius 1 is 0.969 bits per heavy atom. The molecular weight excluding hydrogens is 440 g/mol. The highest BCUT2D eigenvalue weighted by atomic mass is 32.1. The van der Waals surface area contributed by atoms with Gasteiger partial charge in [-0.15, -0.1) is 22.7 Å². The highest BCUT2D eigenvalue weighted by Crippen LogP contribution is 2.32. The fraction of sp³-hybridized carbons (Fsp3) is 0.417. The van der Waals surface area contributed by atoms with Crippen LogP contribution in [0.5, 0.6) is 0 Å². The van der Waals surface area contributed by atoms with Crippen LogP contribution in [0.15, 0.2) is 29.6 Å². The minimum absolute atomic E-state index is 0.0191. The number of aromatic nitrogens is 2. The molecule has 3 aromatic rings. The Morgan fingerprint density at radius 3 is 2.44 bits per heavy atom. The first kappa shape index (κ1) is 21.3. The molecule has 0 saturated carbocycles. The monoisotopic (exact) mass is 466 g/mol. The molecular formula is C24H26N4O2S2. The van der Waals surface area contributed by atoms with Gasteiger partial charge in [0, 0.05) is 37.5 Å². The standard InChI is InChI=1S/C24H26N4O2S2/c1-15-21(32-16(2)25-15)24(30)27-10-8-18(9-11-27)22-26-20(14-31-22)23(29)28-12-7-17-5-3-4-6-19(17)13-28/h3-6,14,18H,7-13H2,1-2H3. The third-order valence-electron chi connectivity index (χ3n) is 6.39. The van der Waals surface area contributed by atoms with Crippen molar-refractivity contribution < 1.29 is 9.59 Å². The Kier molecular flexibility index (Phi) is 5.82. The lowest BCUT2D eigenvalue weighted by Gasteiger charge is -2.31. The number of carbonyl (C=O) groups excluding carboxylic acids is 2. The molecule has 32 heavy (non-hydrogen) atoms. The van der Waals surface area contributed by atoms with E-state index in [2.05, 4.69) is 23.2 Å². The number of hydrogen-bond acceptors (Lipinski definition) is 6. The topological polar surface area (TPSA) is 66.4 Å². The molecule has 0 unspecified atom stereocenters. The van der Waals surface area contributed by atoms with E-state index in [4.69, 9.17) is 4.98 Å². The summed E-state index contributed by atoms with van der Waals surface area (Å²) in [5.41, 5.74) is 3.94. The van der Waals surface area contributed by atoms with E-state index in [-0.39, 0.29) is 11.8 Å². The molecule has 1 aromatic carbocycles. The number of rotatable bonds is 3. The van der Waals surface area contributed by atoms with E-state index in [0.717, 1.165) is 46.4 Å². The van der Waals surface area contributed by atoms with Crippen LogP contribution < -0.4 is 0 Å². The summed E-state index contributed by atoms with van der Waals surface area (Å²) < 4.78 is 0. The maximum Gasteiger partial charge on any atom is 0.273 e. The van der Waals surface area contributed by atoms with E-state index in [9.17, 15) is 9.59 Å². The van der Waals surface area contributed by atoms with Crippen molar-refractivity contribution in [3.05, 3.63) is 67.1 Å². The lowest BCUT2D eigenvalue weighted by atomic mass is 9.97. The van der Waals surface area contributed by atoms with Gasteiger partial charge < -0.3 is 9.80 Å². The Morgan fingerprint density at radius 2 is 1.72 bits per heavy atom. The Hall–Kier alpha value is -2.58. The zero-order valence-corrected chi connectivity index (χ0v) is 20.0. The molecule has 1 fully saturated rings. The largest absolute Gasteiger partial charge is 0.338 e. The van der Waals surface area contributed by atoms with Gasteiger partial charge in [-0.2, -0.15) is 0 Å². The molecule has 8 heteroatoms. The fourth-order valence-corrected chi connectivity index (χ4v) is 6.46. The molecule has 2 aromatic heterocycles. The second kappa shape index (κ2) is 8.75. The minimum Gasteiger partial charge on any atom is -0.338 e. The molecule has 0 spiro atoms. The third-order valence-corrected chi connectivity index (χ3v) is 8.46. The van der Waals surface area contributed by atoms with E-state index < -0.39 is 0 Å². The SMILES string of the molecule is Cc1nc(C)c(C(=O)N2CCC(c3nc(C(=O)N4CCc5ccccc5C4)cs3)CC2)s1. The minimum atomic E-state index is 0.0191. The molecule has 0 bridgehead atoms. The summed E-state index contributed by atoms with van der Waals surface area (Å²) in [5, 5.41) is 3.85. The number of benzene rings is 1. The van der Waals surface area contributed by atoms with E-state index in [0.29, 0.717) is 31.2 Å². The molecule has 5 rings (SSSR count). The molecule has 0 N–H and O–H groups in total. The fourth-order valence-electron chi connectivity index (χ4n) is 4.61. The number of piperidine rings is 1. The Balaban J connectivity index is 1.21. The number of thiazole rings is 2. The van der Waals surface area contributed by atoms with Gasteiger partial charge in [0.05, 0.1) is 15.7 Å². The first-order valence-corrected chi connectivity index (χ1v) is 12.7. The van der Waals surface area contributed by atoms with Gasteiger partial charge in [-0.25, -0.2) is 9.97 Å². The third kappa shape index (κ3) is 4.09. The van der Waals surface area contributed by atoms with Crippen LogP contribution in [-0.4, -0.2) is 51.2 Å². The number of amides is 2. The molecule has 6 nitrogen and oxygen atoms in total. The maximum absolute atomic E-state index is 13.1. The van der Waals surface area contributed by atoms with Crippen LogP contribution in [0.4, 0.5) is 0 Å². The second-order valence-corrected chi connectivity index (χ2v) is 10.6. The predicted molar refractivity (Wildman–Crippen MR) is 126 cm³/mol. The lowest BCUT2D eigenvalue weighted by molar-refractivity contribution is 0.0716. The zero-order valence-electron chi connectivity index (χ0n) is 18.3. The van der Waals surface area contributed by atoms with Gasteiger partial charge >= 0.3 is 0 Å². The molecule has 0 atom stereocenters. The summed E-state index contributed by atoms with van der Waals surface area (Å²) >= 11 is 3.05. The van der Waals surface area contributed by atoms with E-state index in [1.165, 1.54) is 22.5 Å². The van der Waals surface area contributed by atoms with Crippen molar-refractivity contribution in [2.24, 2.45) is 0 Å². The summed E-state index contributed by atoms with van der Waals surface area (Å²) in [6.07, 6.45) is 2.64. The van der Waals surface area contributed by atoms with Crippen molar-refractivity contribution in [3.8, 4) is 0 Å². The van der Waals surface area contributed by atoms with Crippen LogP contribution in [0.25, 0.3) is 0 Å². The van der Waals surface area contributed by atoms with Crippen molar-refractivity contribution in [1.82, 2.24) is 19.8 Å². The first-order chi connectivity index (χ1) is 15.5. The van der Waals surface area contributed by atoms with Crippen molar-refractivity contribution in [1.29, 1.82) is 0 Å². The van der Waals surface area contributed by atoms with Gasteiger partial charge in [0.25, 0.3) is 11.8 Å². The van der Waals surface area contributed by atoms with Crippen LogP contribution in [0.3, 0.4) is 0 Å². The Labute approximate surface area is 195 Å². The van der Waals surface area contributed by atoms with Gasteiger partial charge in [0.1, 0.15) is 10.6 Å². The molecule has 2 aliphatic heterocycles. The lowest BCUT2D eigenvalue weighted by Crippen LogP contribution is -2.38. The molecule has 4 heterocycles. The maximum atomic E-state index is 13.1. The normalized spacial score (nSPS) is 16.8. The Bertz CT molecular complexity index is 1160. The summed E-state index contributed by atoms with van der Waals surface area (Å²) in [7, 11) is 0. The number of fused-ring (bicyclic) bond motifs is 1. The van der Waals surface area contributed by atoms with Gasteiger partial charge in [-0.3, -0.25) is 9.59 Å². The van der Waals surface area contributed by atoms with E-state index in [1.807, 2.05) is 35.1 Å². The van der Waals surface area contributed by atoms with Crippen LogP contribution >= 0.6 is 22.7 Å². The average molecular weight is 467 g/mol. The van der Waals surface area contributed by atoms with E-state index >= 15 is 0 Å². The summed E-state index contributed by atoms with van der Waals surface area (Å²) in [6.45, 7) is 6.65. The number of carbonyl (C=O) groups is 2. The molecule has 166 valence electrons. The molecule has 0 aliphatic carbocycles. The van der Waals surface area contributed by atoms with Crippen molar-refractivity contribution in [2.45, 2.75) is 45.6 Å². The van der Waals surface area contributed by atoms with Crippen molar-refractivity contribution >= 4 is 34.5 Å². The summed E-state index contributed by atoms with van der Waals surface area (Å²) in [4.78, 5) is 39.6. The van der Waals surface area contributed by atoms with Crippen LogP contribution in [0.1, 0.15) is 65.8 Å². The molecule has 2 amide bonds. The van der Waals surface area contributed by atoms with Crippen molar-refractivity contribution in [3.63, 3.8) is 0 Å². The predicted octanol–water partition coefficient (Wildman–Crippen LogP) is 4.43. The van der Waals surface area contributed by atoms with Crippen molar-refractivity contribution in [2.75, 3.05) is 19.6 Å². The van der Waals surface area contributed by atoms with Gasteiger partial charge in [0.15, 0.2) is 0 Å². The number of likely N-dealkylation sites (tertiary alicyclic amines) is 1. The highest BCUT2D eigenvalue weighted by molar-refractivity contribution is 7.13. The zero-order chi connectivity index (χ0) is 22.2. The average Bonchev–Trinajstić information content (AvgIpc) is 3.44. The van der Waals surface area contributed by atoms with Gasteiger partial charge in [-0.1, -0.05) is 24.3 Å². The van der Waals surface area contributed by atoms with Gasteiger partial charge in [0.2, 0.25) is 0 Å². The summed E-state index contributed by atoms with van der Waals surface area (Å²) in [5.74, 6) is 0.412. The number of nitrogens with zero attached hydrogens (tertiary/aromatic N) is 4. The molecule has 0 radical (unpaired) electrons. The smallest absolute Gasteiger partial charge is 0.273 e. The number of hydrogen-bond donors (Lipinski definition) is 0.